The third kappa shape index (κ3) is 5.26. The van der Waals surface area contributed by atoms with Crippen molar-refractivity contribution >= 4 is 23.2 Å². The quantitative estimate of drug-likeness (QED) is 0.260. The maximum absolute atomic E-state index is 12.1. The molecular weight excluding hydrogens is 396 g/mol. The Labute approximate surface area is 171 Å². The van der Waals surface area contributed by atoms with Gasteiger partial charge in [-0.05, 0) is 36.8 Å². The molecule has 1 aromatic carbocycles. The molecule has 3 rings (SSSR count). The van der Waals surface area contributed by atoms with E-state index in [1.807, 2.05) is 18.2 Å². The molecule has 0 aliphatic carbocycles. The van der Waals surface area contributed by atoms with Crippen LogP contribution in [0, 0.1) is 10.1 Å². The highest BCUT2D eigenvalue weighted by atomic mass is 35.5. The Kier molecular flexibility index (Phi) is 6.70. The van der Waals surface area contributed by atoms with Gasteiger partial charge in [-0.3, -0.25) is 14.9 Å². The third-order valence-corrected chi connectivity index (χ3v) is 4.29. The third-order valence-electron chi connectivity index (χ3n) is 3.99. The molecule has 0 radical (unpaired) electrons. The van der Waals surface area contributed by atoms with Gasteiger partial charge in [0.2, 0.25) is 0 Å². The number of para-hydroxylation sites is 1. The van der Waals surface area contributed by atoms with Crippen LogP contribution < -0.4 is 10.1 Å². The van der Waals surface area contributed by atoms with Gasteiger partial charge in [0, 0.05) is 24.4 Å². The van der Waals surface area contributed by atoms with Crippen LogP contribution in [0.15, 0.2) is 60.9 Å². The van der Waals surface area contributed by atoms with Crippen LogP contribution in [-0.2, 0) is 0 Å². The summed E-state index contributed by atoms with van der Waals surface area (Å²) in [6.45, 7) is 0.771. The van der Waals surface area contributed by atoms with E-state index in [-0.39, 0.29) is 16.7 Å². The molecule has 1 amide bonds. The maximum Gasteiger partial charge on any atom is 0.287 e. The first-order valence-electron chi connectivity index (χ1n) is 8.77. The lowest BCUT2D eigenvalue weighted by molar-refractivity contribution is -0.385. The summed E-state index contributed by atoms with van der Waals surface area (Å²) in [7, 11) is 0. The summed E-state index contributed by atoms with van der Waals surface area (Å²) in [4.78, 5) is 30.4. The largest absolute Gasteiger partial charge is 0.493 e. The SMILES string of the molecule is O=C(NCCCOc1ccccc1-c1ccc([N+](=O)[O-])cn1)c1cccnc1Cl. The first-order valence-corrected chi connectivity index (χ1v) is 9.15. The zero-order chi connectivity index (χ0) is 20.6. The van der Waals surface area contributed by atoms with Gasteiger partial charge >= 0.3 is 0 Å². The van der Waals surface area contributed by atoms with Crippen LogP contribution >= 0.6 is 11.6 Å². The van der Waals surface area contributed by atoms with E-state index in [0.29, 0.717) is 36.6 Å². The number of hydrogen-bond donors (Lipinski definition) is 1. The van der Waals surface area contributed by atoms with Crippen molar-refractivity contribution in [2.45, 2.75) is 6.42 Å². The Hall–Kier alpha value is -3.52. The number of amides is 1. The van der Waals surface area contributed by atoms with Crippen LogP contribution in [0.4, 0.5) is 5.69 Å². The number of benzene rings is 1. The van der Waals surface area contributed by atoms with Crippen molar-refractivity contribution in [3.8, 4) is 17.0 Å². The van der Waals surface area contributed by atoms with Crippen molar-refractivity contribution in [1.82, 2.24) is 15.3 Å². The molecule has 0 aliphatic rings. The average molecular weight is 413 g/mol. The first-order chi connectivity index (χ1) is 14.1. The number of pyridine rings is 2. The minimum Gasteiger partial charge on any atom is -0.493 e. The van der Waals surface area contributed by atoms with Crippen LogP contribution in [0.3, 0.4) is 0 Å². The predicted molar refractivity (Wildman–Crippen MR) is 108 cm³/mol. The monoisotopic (exact) mass is 412 g/mol. The summed E-state index contributed by atoms with van der Waals surface area (Å²) >= 11 is 5.90. The number of ether oxygens (including phenoxy) is 1. The van der Waals surface area contributed by atoms with Gasteiger partial charge in [-0.25, -0.2) is 9.97 Å². The first kappa shape index (κ1) is 20.2. The van der Waals surface area contributed by atoms with Gasteiger partial charge in [-0.1, -0.05) is 23.7 Å². The van der Waals surface area contributed by atoms with Crippen molar-refractivity contribution in [2.75, 3.05) is 13.2 Å². The Bertz CT molecular complexity index is 1010. The van der Waals surface area contributed by atoms with E-state index in [2.05, 4.69) is 15.3 Å². The minimum absolute atomic E-state index is 0.0726. The van der Waals surface area contributed by atoms with E-state index in [9.17, 15) is 14.9 Å². The molecule has 148 valence electrons. The molecule has 0 spiro atoms. The molecule has 0 unspecified atom stereocenters. The summed E-state index contributed by atoms with van der Waals surface area (Å²) in [5.41, 5.74) is 1.56. The van der Waals surface area contributed by atoms with Gasteiger partial charge in [-0.2, -0.15) is 0 Å². The molecule has 9 heteroatoms. The molecule has 0 aliphatic heterocycles. The molecule has 0 saturated heterocycles. The number of hydrogen-bond acceptors (Lipinski definition) is 6. The number of halogens is 1. The van der Waals surface area contributed by atoms with E-state index in [0.717, 1.165) is 5.56 Å². The second-order valence-electron chi connectivity index (χ2n) is 5.95. The molecule has 0 fully saturated rings. The van der Waals surface area contributed by atoms with E-state index in [4.69, 9.17) is 16.3 Å². The highest BCUT2D eigenvalue weighted by Crippen LogP contribution is 2.29. The van der Waals surface area contributed by atoms with Crippen LogP contribution in [0.2, 0.25) is 5.15 Å². The lowest BCUT2D eigenvalue weighted by atomic mass is 10.1. The smallest absolute Gasteiger partial charge is 0.287 e. The number of carbonyl (C=O) groups excluding carboxylic acids is 1. The Morgan fingerprint density at radius 3 is 2.69 bits per heavy atom. The van der Waals surface area contributed by atoms with Gasteiger partial charge in [0.15, 0.2) is 0 Å². The molecule has 29 heavy (non-hydrogen) atoms. The van der Waals surface area contributed by atoms with Crippen LogP contribution in [-0.4, -0.2) is 34.0 Å². The van der Waals surface area contributed by atoms with E-state index in [1.54, 1.807) is 24.3 Å². The van der Waals surface area contributed by atoms with Crippen LogP contribution in [0.25, 0.3) is 11.3 Å². The van der Waals surface area contributed by atoms with Crippen molar-refractivity contribution in [1.29, 1.82) is 0 Å². The van der Waals surface area contributed by atoms with Crippen LogP contribution in [0.5, 0.6) is 5.75 Å². The highest BCUT2D eigenvalue weighted by molar-refractivity contribution is 6.32. The van der Waals surface area contributed by atoms with Crippen molar-refractivity contribution in [2.24, 2.45) is 0 Å². The molecule has 2 heterocycles. The summed E-state index contributed by atoms with van der Waals surface area (Å²) in [6.07, 6.45) is 3.31. The second kappa shape index (κ2) is 9.61. The second-order valence-corrected chi connectivity index (χ2v) is 6.31. The fourth-order valence-corrected chi connectivity index (χ4v) is 2.77. The van der Waals surface area contributed by atoms with Crippen LogP contribution in [0.1, 0.15) is 16.8 Å². The normalized spacial score (nSPS) is 10.4. The Balaban J connectivity index is 1.54. The Morgan fingerprint density at radius 1 is 1.14 bits per heavy atom. The number of aromatic nitrogens is 2. The molecule has 3 aromatic rings. The molecule has 1 N–H and O–H groups in total. The van der Waals surface area contributed by atoms with E-state index in [1.165, 1.54) is 18.5 Å². The van der Waals surface area contributed by atoms with Gasteiger partial charge in [0.25, 0.3) is 11.6 Å². The van der Waals surface area contributed by atoms with Crippen molar-refractivity contribution in [3.05, 3.63) is 81.8 Å². The minimum atomic E-state index is -0.494. The number of nitrogens with zero attached hydrogens (tertiary/aromatic N) is 3. The maximum atomic E-state index is 12.1. The Morgan fingerprint density at radius 2 is 1.97 bits per heavy atom. The van der Waals surface area contributed by atoms with Crippen molar-refractivity contribution < 1.29 is 14.5 Å². The summed E-state index contributed by atoms with van der Waals surface area (Å²) in [6, 6.07) is 13.5. The topological polar surface area (TPSA) is 107 Å². The van der Waals surface area contributed by atoms with E-state index < -0.39 is 4.92 Å². The molecule has 2 aromatic heterocycles. The van der Waals surface area contributed by atoms with Gasteiger partial charge < -0.3 is 10.1 Å². The molecule has 0 bridgehead atoms. The average Bonchev–Trinajstić information content (AvgIpc) is 2.74. The summed E-state index contributed by atoms with van der Waals surface area (Å²) in [5, 5.41) is 13.7. The van der Waals surface area contributed by atoms with Gasteiger partial charge in [0.05, 0.1) is 22.8 Å². The molecule has 8 nitrogen and oxygen atoms in total. The zero-order valence-electron chi connectivity index (χ0n) is 15.2. The number of nitrogens with one attached hydrogen (secondary N) is 1. The highest BCUT2D eigenvalue weighted by Gasteiger charge is 2.11. The van der Waals surface area contributed by atoms with Crippen molar-refractivity contribution in [3.63, 3.8) is 0 Å². The fraction of sp³-hybridized carbons (Fsp3) is 0.150. The van der Waals surface area contributed by atoms with Gasteiger partial charge in [-0.15, -0.1) is 0 Å². The fourth-order valence-electron chi connectivity index (χ4n) is 2.56. The van der Waals surface area contributed by atoms with E-state index >= 15 is 0 Å². The number of nitro groups is 1. The molecule has 0 atom stereocenters. The van der Waals surface area contributed by atoms with Gasteiger partial charge in [0.1, 0.15) is 17.1 Å². The number of carbonyl (C=O) groups is 1. The lowest BCUT2D eigenvalue weighted by Crippen LogP contribution is -2.26. The molecule has 0 saturated carbocycles. The predicted octanol–water partition coefficient (Wildman–Crippen LogP) is 3.90. The summed E-state index contributed by atoms with van der Waals surface area (Å²) in [5.74, 6) is 0.314. The number of rotatable bonds is 8. The lowest BCUT2D eigenvalue weighted by Gasteiger charge is -2.11. The summed E-state index contributed by atoms with van der Waals surface area (Å²) < 4.78 is 5.82. The molecular formula is C20H17ClN4O4. The zero-order valence-corrected chi connectivity index (χ0v) is 16.0. The standard InChI is InChI=1S/C20H17ClN4O4/c21-19-16(6-3-10-22-19)20(26)23-11-4-12-29-18-7-2-1-5-15(18)17-9-8-14(13-24-17)25(27)28/h1-3,5-10,13H,4,11-12H2,(H,23,26).